The van der Waals surface area contributed by atoms with Gasteiger partial charge < -0.3 is 4.90 Å². The minimum atomic E-state index is 0.652. The maximum atomic E-state index is 4.53. The van der Waals surface area contributed by atoms with Crippen molar-refractivity contribution in [3.63, 3.8) is 0 Å². The number of hydrogen-bond acceptors (Lipinski definition) is 5. The Morgan fingerprint density at radius 2 is 1.37 bits per heavy atom. The lowest BCUT2D eigenvalue weighted by Gasteiger charge is -2.19. The van der Waals surface area contributed by atoms with Crippen molar-refractivity contribution in [3.8, 4) is 11.3 Å². The molecule has 0 spiro atoms. The van der Waals surface area contributed by atoms with E-state index in [1.54, 1.807) is 0 Å². The summed E-state index contributed by atoms with van der Waals surface area (Å²) in [6.07, 6.45) is 0. The monoisotopic (exact) mass is 370 g/mol. The quantitative estimate of drug-likeness (QED) is 0.355. The van der Waals surface area contributed by atoms with Crippen LogP contribution in [-0.2, 0) is 0 Å². The molecule has 0 fully saturated rings. The first-order valence-corrected chi connectivity index (χ1v) is 9.49. The maximum absolute atomic E-state index is 4.53. The van der Waals surface area contributed by atoms with Gasteiger partial charge in [0.2, 0.25) is 5.13 Å². The average molecular weight is 370 g/mol. The van der Waals surface area contributed by atoms with Crippen LogP contribution < -0.4 is 4.90 Å². The first-order chi connectivity index (χ1) is 13.3. The lowest BCUT2D eigenvalue weighted by molar-refractivity contribution is 1.18. The van der Waals surface area contributed by atoms with E-state index in [4.69, 9.17) is 0 Å². The Balaban J connectivity index is 1.46. The largest absolute Gasteiger partial charge is 0.345 e. The molecule has 0 saturated heterocycles. The Morgan fingerprint density at radius 1 is 0.741 bits per heavy atom. The van der Waals surface area contributed by atoms with Crippen molar-refractivity contribution in [2.75, 3.05) is 11.9 Å². The number of aromatic nitrogens is 1. The van der Waals surface area contributed by atoms with Crippen LogP contribution in [-0.4, -0.2) is 12.0 Å². The number of hydrogen-bond donors (Lipinski definition) is 0. The smallest absolute Gasteiger partial charge is 0.230 e. The molecule has 0 aliphatic rings. The Bertz CT molecular complexity index is 1020. The molecule has 132 valence electrons. The molecule has 0 atom stereocenters. The van der Waals surface area contributed by atoms with Crippen LogP contribution in [0.2, 0.25) is 0 Å². The Labute approximate surface area is 162 Å². The van der Waals surface area contributed by atoms with Gasteiger partial charge in [0, 0.05) is 29.4 Å². The molecule has 3 aromatic carbocycles. The highest BCUT2D eigenvalue weighted by Gasteiger charge is 2.04. The highest BCUT2D eigenvalue weighted by molar-refractivity contribution is 7.13. The second-order valence-corrected chi connectivity index (χ2v) is 6.83. The van der Waals surface area contributed by atoms with Crippen molar-refractivity contribution in [2.24, 2.45) is 10.2 Å². The molecule has 0 radical (unpaired) electrons. The van der Waals surface area contributed by atoms with E-state index in [0.29, 0.717) is 5.13 Å². The molecule has 0 saturated carbocycles. The van der Waals surface area contributed by atoms with Gasteiger partial charge in [0.15, 0.2) is 0 Å². The summed E-state index contributed by atoms with van der Waals surface area (Å²) in [5, 5.41) is 11.2. The summed E-state index contributed by atoms with van der Waals surface area (Å²) in [7, 11) is 2.05. The van der Waals surface area contributed by atoms with Gasteiger partial charge in [-0.25, -0.2) is 4.98 Å². The molecule has 27 heavy (non-hydrogen) atoms. The molecule has 4 aromatic rings. The van der Waals surface area contributed by atoms with Crippen LogP contribution in [0.5, 0.6) is 0 Å². The van der Waals surface area contributed by atoms with Gasteiger partial charge in [-0.05, 0) is 36.4 Å². The van der Waals surface area contributed by atoms with E-state index in [0.717, 1.165) is 28.3 Å². The van der Waals surface area contributed by atoms with Crippen LogP contribution in [0.1, 0.15) is 0 Å². The molecule has 0 aliphatic carbocycles. The molecule has 4 nitrogen and oxygen atoms in total. The van der Waals surface area contributed by atoms with Crippen LogP contribution in [0.4, 0.5) is 22.2 Å². The predicted molar refractivity (Wildman–Crippen MR) is 113 cm³/mol. The fourth-order valence-electron chi connectivity index (χ4n) is 2.70. The normalized spacial score (nSPS) is 11.0. The van der Waals surface area contributed by atoms with E-state index < -0.39 is 0 Å². The standard InChI is InChI=1S/C22H18N4S/c1-26(19-10-6-3-7-11-19)20-14-12-18(13-15-20)24-25-22-23-21(16-27-22)17-8-4-2-5-9-17/h2-16H,1H3. The number of thiazole rings is 1. The molecular weight excluding hydrogens is 352 g/mol. The van der Waals surface area contributed by atoms with E-state index in [9.17, 15) is 0 Å². The zero-order valence-corrected chi connectivity index (χ0v) is 15.7. The van der Waals surface area contributed by atoms with Crippen molar-refractivity contribution >= 4 is 33.5 Å². The lowest BCUT2D eigenvalue weighted by Crippen LogP contribution is -2.08. The molecule has 1 aromatic heterocycles. The molecule has 0 amide bonds. The highest BCUT2D eigenvalue weighted by Crippen LogP contribution is 2.29. The molecule has 0 bridgehead atoms. The topological polar surface area (TPSA) is 40.9 Å². The molecule has 0 N–H and O–H groups in total. The van der Waals surface area contributed by atoms with E-state index in [2.05, 4.69) is 32.2 Å². The molecule has 4 rings (SSSR count). The Kier molecular flexibility index (Phi) is 5.03. The number of anilines is 2. The molecule has 5 heteroatoms. The number of rotatable bonds is 5. The van der Waals surface area contributed by atoms with Crippen LogP contribution in [0, 0.1) is 0 Å². The van der Waals surface area contributed by atoms with Gasteiger partial charge in [0.25, 0.3) is 0 Å². The Morgan fingerprint density at radius 3 is 2.07 bits per heavy atom. The van der Waals surface area contributed by atoms with Crippen LogP contribution in [0.15, 0.2) is 101 Å². The van der Waals surface area contributed by atoms with Crippen molar-refractivity contribution in [1.82, 2.24) is 4.98 Å². The van der Waals surface area contributed by atoms with E-state index >= 15 is 0 Å². The number of para-hydroxylation sites is 1. The number of nitrogens with zero attached hydrogens (tertiary/aromatic N) is 4. The molecular formula is C22H18N4S. The molecule has 0 unspecified atom stereocenters. The summed E-state index contributed by atoms with van der Waals surface area (Å²) in [6.45, 7) is 0. The maximum Gasteiger partial charge on any atom is 0.230 e. The van der Waals surface area contributed by atoms with Crippen molar-refractivity contribution < 1.29 is 0 Å². The summed E-state index contributed by atoms with van der Waals surface area (Å²) in [5.74, 6) is 0. The highest BCUT2D eigenvalue weighted by atomic mass is 32.1. The third-order valence-corrected chi connectivity index (χ3v) is 4.92. The SMILES string of the molecule is CN(c1ccccc1)c1ccc(N=Nc2nc(-c3ccccc3)cs2)cc1. The summed E-state index contributed by atoms with van der Waals surface area (Å²) in [4.78, 5) is 6.66. The van der Waals surface area contributed by atoms with Gasteiger partial charge >= 0.3 is 0 Å². The minimum Gasteiger partial charge on any atom is -0.345 e. The summed E-state index contributed by atoms with van der Waals surface area (Å²) in [5.41, 5.74) is 5.05. The van der Waals surface area contributed by atoms with Gasteiger partial charge in [-0.2, -0.15) is 0 Å². The average Bonchev–Trinajstić information content (AvgIpc) is 3.22. The van der Waals surface area contributed by atoms with Gasteiger partial charge in [0.05, 0.1) is 11.4 Å². The van der Waals surface area contributed by atoms with E-state index in [1.807, 2.05) is 85.2 Å². The van der Waals surface area contributed by atoms with Crippen molar-refractivity contribution in [2.45, 2.75) is 0 Å². The molecule has 1 heterocycles. The van der Waals surface area contributed by atoms with E-state index in [-0.39, 0.29) is 0 Å². The first-order valence-electron chi connectivity index (χ1n) is 8.61. The number of azo groups is 1. The first kappa shape index (κ1) is 17.1. The fraction of sp³-hybridized carbons (Fsp3) is 0.0455. The molecule has 0 aliphatic heterocycles. The third kappa shape index (κ3) is 4.10. The van der Waals surface area contributed by atoms with Gasteiger partial charge in [-0.1, -0.05) is 48.5 Å². The van der Waals surface area contributed by atoms with Gasteiger partial charge in [-0.3, -0.25) is 0 Å². The van der Waals surface area contributed by atoms with E-state index in [1.165, 1.54) is 11.3 Å². The predicted octanol–water partition coefficient (Wildman–Crippen LogP) is 6.99. The van der Waals surface area contributed by atoms with Crippen LogP contribution in [0.25, 0.3) is 11.3 Å². The van der Waals surface area contributed by atoms with Gasteiger partial charge in [0.1, 0.15) is 0 Å². The van der Waals surface area contributed by atoms with Crippen LogP contribution in [0.3, 0.4) is 0 Å². The van der Waals surface area contributed by atoms with Crippen molar-refractivity contribution in [3.05, 3.63) is 90.3 Å². The second-order valence-electron chi connectivity index (χ2n) is 5.99. The zero-order chi connectivity index (χ0) is 18.5. The summed E-state index contributed by atoms with van der Waals surface area (Å²) >= 11 is 1.49. The summed E-state index contributed by atoms with van der Waals surface area (Å²) in [6, 6.07) is 28.3. The third-order valence-electron chi connectivity index (χ3n) is 4.19. The number of benzene rings is 3. The second kappa shape index (κ2) is 7.93. The summed E-state index contributed by atoms with van der Waals surface area (Å²) < 4.78 is 0. The fourth-order valence-corrected chi connectivity index (χ4v) is 3.34. The lowest BCUT2D eigenvalue weighted by atomic mass is 10.2. The zero-order valence-electron chi connectivity index (χ0n) is 14.9. The van der Waals surface area contributed by atoms with Crippen molar-refractivity contribution in [1.29, 1.82) is 0 Å². The minimum absolute atomic E-state index is 0.652. The van der Waals surface area contributed by atoms with Crippen LogP contribution >= 0.6 is 11.3 Å². The van der Waals surface area contributed by atoms with Gasteiger partial charge in [-0.15, -0.1) is 21.6 Å². The Hall–Kier alpha value is -3.31.